The predicted molar refractivity (Wildman–Crippen MR) is 120 cm³/mol. The smallest absolute Gasteiger partial charge is 0.207 e. The maximum absolute atomic E-state index is 6.68. The number of benzene rings is 1. The predicted octanol–water partition coefficient (Wildman–Crippen LogP) is 3.40. The van der Waals surface area contributed by atoms with Crippen LogP contribution in [-0.4, -0.2) is 53.0 Å². The Bertz CT molecular complexity index is 1180. The molecule has 0 amide bonds. The quantitative estimate of drug-likeness (QED) is 0.591. The average Bonchev–Trinajstić information content (AvgIpc) is 3.43. The third-order valence-corrected chi connectivity index (χ3v) is 6.00. The molecule has 0 unspecified atom stereocenters. The molecule has 0 aliphatic carbocycles. The van der Waals surface area contributed by atoms with E-state index in [-0.39, 0.29) is 0 Å². The lowest BCUT2D eigenvalue weighted by Gasteiger charge is -2.37. The Kier molecular flexibility index (Phi) is 4.86. The molecule has 0 saturated carbocycles. The molecule has 2 aliphatic rings. The second-order valence-electron chi connectivity index (χ2n) is 7.12. The van der Waals surface area contributed by atoms with Gasteiger partial charge in [0.1, 0.15) is 27.4 Å². The van der Waals surface area contributed by atoms with E-state index in [9.17, 15) is 0 Å². The fourth-order valence-corrected chi connectivity index (χ4v) is 4.52. The van der Waals surface area contributed by atoms with Crippen LogP contribution in [0.3, 0.4) is 0 Å². The van der Waals surface area contributed by atoms with Gasteiger partial charge in [0.15, 0.2) is 5.82 Å². The number of hydrogen-bond donors (Lipinski definition) is 0. The first-order chi connectivity index (χ1) is 15.0. The highest BCUT2D eigenvalue weighted by molar-refractivity contribution is 6.42. The normalized spacial score (nSPS) is 14.9. The number of nitrogens with zero attached hydrogens (tertiary/aromatic N) is 7. The summed E-state index contributed by atoms with van der Waals surface area (Å²) in [5.74, 6) is 3.10. The maximum Gasteiger partial charge on any atom is 0.207 e. The zero-order valence-electron chi connectivity index (χ0n) is 17.1. The van der Waals surface area contributed by atoms with Gasteiger partial charge in [0.05, 0.1) is 44.8 Å². The van der Waals surface area contributed by atoms with Crippen LogP contribution in [0, 0.1) is 0 Å². The van der Waals surface area contributed by atoms with E-state index in [0.717, 1.165) is 22.9 Å². The van der Waals surface area contributed by atoms with E-state index in [1.807, 2.05) is 24.3 Å². The molecule has 0 radical (unpaired) electrons. The van der Waals surface area contributed by atoms with Crippen LogP contribution in [0.4, 0.5) is 11.5 Å². The fourth-order valence-electron chi connectivity index (χ4n) is 3.82. The van der Waals surface area contributed by atoms with E-state index in [1.54, 1.807) is 31.2 Å². The minimum absolute atomic E-state index is 0.388. The molecule has 3 aromatic rings. The van der Waals surface area contributed by atoms with Crippen LogP contribution in [0.15, 0.2) is 29.6 Å². The highest BCUT2D eigenvalue weighted by Crippen LogP contribution is 2.48. The molecule has 11 heteroatoms. The summed E-state index contributed by atoms with van der Waals surface area (Å²) >= 11 is 13.4. The topological polar surface area (TPSA) is 80.9 Å². The summed E-state index contributed by atoms with van der Waals surface area (Å²) in [6.45, 7) is 1.78. The molecule has 9 nitrogen and oxygen atoms in total. The van der Waals surface area contributed by atoms with Crippen LogP contribution in [0.25, 0.3) is 11.4 Å². The Balaban J connectivity index is 1.63. The molecule has 2 aromatic heterocycles. The van der Waals surface area contributed by atoms with Gasteiger partial charge in [-0.2, -0.15) is 5.10 Å². The number of methoxy groups -OCH3 is 2. The standard InChI is InChI=1S/C20H19Cl2N7O2/c1-27-9-11(8-25-27)18-24-7-12-10-29(20-23-4-5-28(20)19(12)26-18)17-15(21)13(30-2)6-14(31-3)16(17)22/h6-9H,4-5,10H2,1-3H3. The van der Waals surface area contributed by atoms with Crippen molar-refractivity contribution >= 4 is 40.7 Å². The minimum atomic E-state index is 0.388. The first kappa shape index (κ1) is 19.9. The Labute approximate surface area is 188 Å². The molecule has 1 aromatic carbocycles. The zero-order valence-corrected chi connectivity index (χ0v) is 18.6. The summed E-state index contributed by atoms with van der Waals surface area (Å²) in [6, 6.07) is 1.67. The second kappa shape index (κ2) is 7.58. The van der Waals surface area contributed by atoms with Crippen LogP contribution in [0.5, 0.6) is 11.5 Å². The number of rotatable bonds is 4. The summed E-state index contributed by atoms with van der Waals surface area (Å²) < 4.78 is 12.6. The lowest BCUT2D eigenvalue weighted by atomic mass is 10.1. The van der Waals surface area contributed by atoms with Crippen LogP contribution in [0.1, 0.15) is 5.56 Å². The van der Waals surface area contributed by atoms with Crippen molar-refractivity contribution in [3.63, 3.8) is 0 Å². The van der Waals surface area contributed by atoms with Crippen LogP contribution in [-0.2, 0) is 13.6 Å². The summed E-state index contributed by atoms with van der Waals surface area (Å²) in [7, 11) is 4.97. The number of guanidine groups is 1. The van der Waals surface area contributed by atoms with Crippen molar-refractivity contribution in [3.8, 4) is 22.9 Å². The summed E-state index contributed by atoms with van der Waals surface area (Å²) in [6.07, 6.45) is 5.46. The molecular weight excluding hydrogens is 441 g/mol. The van der Waals surface area contributed by atoms with E-state index in [0.29, 0.717) is 52.7 Å². The van der Waals surface area contributed by atoms with E-state index >= 15 is 0 Å². The van der Waals surface area contributed by atoms with Crippen molar-refractivity contribution in [2.24, 2.45) is 12.0 Å². The van der Waals surface area contributed by atoms with Gasteiger partial charge in [-0.1, -0.05) is 23.2 Å². The molecule has 0 spiro atoms. The number of fused-ring (bicyclic) bond motifs is 3. The van der Waals surface area contributed by atoms with Crippen molar-refractivity contribution < 1.29 is 9.47 Å². The molecule has 0 fully saturated rings. The van der Waals surface area contributed by atoms with E-state index in [1.165, 1.54) is 0 Å². The molecule has 0 saturated heterocycles. The van der Waals surface area contributed by atoms with Gasteiger partial charge in [-0.3, -0.25) is 14.6 Å². The van der Waals surface area contributed by atoms with Crippen molar-refractivity contribution in [3.05, 3.63) is 40.3 Å². The number of ether oxygens (including phenoxy) is 2. The van der Waals surface area contributed by atoms with Gasteiger partial charge in [-0.25, -0.2) is 9.97 Å². The maximum atomic E-state index is 6.68. The minimum Gasteiger partial charge on any atom is -0.495 e. The van der Waals surface area contributed by atoms with E-state index in [4.69, 9.17) is 42.7 Å². The van der Waals surface area contributed by atoms with Gasteiger partial charge in [-0.15, -0.1) is 0 Å². The van der Waals surface area contributed by atoms with Gasteiger partial charge in [-0.05, 0) is 0 Å². The van der Waals surface area contributed by atoms with Crippen molar-refractivity contribution in [2.75, 3.05) is 37.1 Å². The van der Waals surface area contributed by atoms with Gasteiger partial charge in [0.2, 0.25) is 5.96 Å². The Morgan fingerprint density at radius 2 is 1.77 bits per heavy atom. The number of hydrogen-bond acceptors (Lipinski definition) is 8. The van der Waals surface area contributed by atoms with Crippen molar-refractivity contribution in [2.45, 2.75) is 6.54 Å². The second-order valence-corrected chi connectivity index (χ2v) is 7.88. The van der Waals surface area contributed by atoms with Gasteiger partial charge in [0, 0.05) is 37.6 Å². The van der Waals surface area contributed by atoms with Crippen molar-refractivity contribution in [1.29, 1.82) is 0 Å². The Morgan fingerprint density at radius 3 is 2.42 bits per heavy atom. The molecule has 0 bridgehead atoms. The SMILES string of the molecule is COc1cc(OC)c(Cl)c(N2Cc3cnc(-c4cnn(C)c4)nc3N3CCN=C32)c1Cl. The van der Waals surface area contributed by atoms with Gasteiger partial charge >= 0.3 is 0 Å². The first-order valence-electron chi connectivity index (χ1n) is 9.56. The molecule has 0 atom stereocenters. The third-order valence-electron chi connectivity index (χ3n) is 5.27. The molecule has 31 heavy (non-hydrogen) atoms. The summed E-state index contributed by atoms with van der Waals surface area (Å²) in [4.78, 5) is 18.1. The Hall–Kier alpha value is -3.04. The Morgan fingerprint density at radius 1 is 1.03 bits per heavy atom. The largest absolute Gasteiger partial charge is 0.495 e. The number of halogens is 2. The third kappa shape index (κ3) is 3.16. The number of aliphatic imine (C=N–C) groups is 1. The van der Waals surface area contributed by atoms with E-state index < -0.39 is 0 Å². The number of aromatic nitrogens is 4. The summed E-state index contributed by atoms with van der Waals surface area (Å²) in [5, 5.41) is 4.99. The van der Waals surface area contributed by atoms with Crippen molar-refractivity contribution in [1.82, 2.24) is 19.7 Å². The van der Waals surface area contributed by atoms with Gasteiger partial charge in [0.25, 0.3) is 0 Å². The molecular formula is C20H19Cl2N7O2. The van der Waals surface area contributed by atoms with Crippen LogP contribution >= 0.6 is 23.2 Å². The van der Waals surface area contributed by atoms with E-state index in [2.05, 4.69) is 15.0 Å². The zero-order chi connectivity index (χ0) is 21.7. The first-order valence-corrected chi connectivity index (χ1v) is 10.3. The number of aryl methyl sites for hydroxylation is 1. The van der Waals surface area contributed by atoms with Crippen LogP contribution in [0.2, 0.25) is 10.0 Å². The highest BCUT2D eigenvalue weighted by Gasteiger charge is 2.37. The summed E-state index contributed by atoms with van der Waals surface area (Å²) in [5.41, 5.74) is 2.36. The number of anilines is 2. The molecule has 5 rings (SSSR count). The lowest BCUT2D eigenvalue weighted by molar-refractivity contribution is 0.395. The molecule has 160 valence electrons. The molecule has 0 N–H and O–H groups in total. The van der Waals surface area contributed by atoms with Gasteiger partial charge < -0.3 is 14.4 Å². The molecule has 2 aliphatic heterocycles. The average molecular weight is 460 g/mol. The van der Waals surface area contributed by atoms with Crippen LogP contribution < -0.4 is 19.3 Å². The fraction of sp³-hybridized carbons (Fsp3) is 0.300. The highest BCUT2D eigenvalue weighted by atomic mass is 35.5. The lowest BCUT2D eigenvalue weighted by Crippen LogP contribution is -2.47. The monoisotopic (exact) mass is 459 g/mol. The molecule has 4 heterocycles.